The number of nitrogen functional groups attached to an aromatic ring is 1. The molecule has 0 bridgehead atoms. The monoisotopic (exact) mass is 484 g/mol. The van der Waals surface area contributed by atoms with Crippen LogP contribution in [-0.2, 0) is 4.74 Å². The van der Waals surface area contributed by atoms with Crippen LogP contribution in [0.15, 0.2) is 66.7 Å². The van der Waals surface area contributed by atoms with Gasteiger partial charge in [0, 0.05) is 36.3 Å². The molecule has 0 radical (unpaired) electrons. The molecule has 2 heterocycles. The van der Waals surface area contributed by atoms with E-state index in [2.05, 4.69) is 38.7 Å². The lowest BCUT2D eigenvalue weighted by molar-refractivity contribution is 0.0277. The van der Waals surface area contributed by atoms with E-state index in [1.54, 1.807) is 0 Å². The Balaban J connectivity index is 1.41. The third-order valence-electron chi connectivity index (χ3n) is 6.17. The highest BCUT2D eigenvalue weighted by molar-refractivity contribution is 5.99. The number of morpholine rings is 1. The van der Waals surface area contributed by atoms with Crippen LogP contribution < -0.4 is 21.1 Å². The fourth-order valence-corrected chi connectivity index (χ4v) is 4.25. The number of benzene rings is 3. The minimum Gasteiger partial charge on any atom is -0.492 e. The van der Waals surface area contributed by atoms with Crippen molar-refractivity contribution in [3.05, 3.63) is 72.3 Å². The van der Waals surface area contributed by atoms with Crippen molar-refractivity contribution >= 4 is 28.4 Å². The van der Waals surface area contributed by atoms with Crippen molar-refractivity contribution in [2.24, 2.45) is 0 Å². The standard InChI is InChI=1S/C28H32N6O2/c1-34(2)14-16-35-22-6-3-5-20(17-22)23-7-4-8-24-26(23)32-28(33-27(24)29)31-21-11-9-19(10-12-21)25-18-30-13-15-36-25/h3-12,17,25,30H,13-16,18H2,1-2H3,(H3,29,31,32,33). The van der Waals surface area contributed by atoms with Crippen LogP contribution in [0.25, 0.3) is 22.0 Å². The number of aromatic nitrogens is 2. The smallest absolute Gasteiger partial charge is 0.229 e. The van der Waals surface area contributed by atoms with Crippen LogP contribution in [0.2, 0.25) is 0 Å². The number of anilines is 3. The van der Waals surface area contributed by atoms with Crippen LogP contribution in [-0.4, -0.2) is 61.8 Å². The number of likely N-dealkylation sites (N-methyl/N-ethyl adjacent to an activating group) is 1. The molecule has 0 spiro atoms. The fourth-order valence-electron chi connectivity index (χ4n) is 4.25. The van der Waals surface area contributed by atoms with Crippen LogP contribution in [0.3, 0.4) is 0 Å². The molecule has 3 aromatic carbocycles. The molecular weight excluding hydrogens is 452 g/mol. The Kier molecular flexibility index (Phi) is 7.27. The van der Waals surface area contributed by atoms with Crippen LogP contribution in [0.4, 0.5) is 17.5 Å². The van der Waals surface area contributed by atoms with Crippen molar-refractivity contribution in [3.8, 4) is 16.9 Å². The average molecular weight is 485 g/mol. The summed E-state index contributed by atoms with van der Waals surface area (Å²) in [6.45, 7) is 3.91. The number of ether oxygens (including phenoxy) is 2. The van der Waals surface area contributed by atoms with Crippen molar-refractivity contribution in [1.29, 1.82) is 0 Å². The van der Waals surface area contributed by atoms with E-state index in [9.17, 15) is 0 Å². The maximum Gasteiger partial charge on any atom is 0.229 e. The summed E-state index contributed by atoms with van der Waals surface area (Å²) >= 11 is 0. The molecular formula is C28H32N6O2. The average Bonchev–Trinajstić information content (AvgIpc) is 2.89. The first kappa shape index (κ1) is 24.0. The van der Waals surface area contributed by atoms with Gasteiger partial charge in [-0.1, -0.05) is 36.4 Å². The van der Waals surface area contributed by atoms with E-state index in [-0.39, 0.29) is 6.10 Å². The van der Waals surface area contributed by atoms with Crippen molar-refractivity contribution in [2.75, 3.05) is 58.0 Å². The summed E-state index contributed by atoms with van der Waals surface area (Å²) in [4.78, 5) is 11.5. The summed E-state index contributed by atoms with van der Waals surface area (Å²) in [5.41, 5.74) is 11.2. The number of nitrogens with two attached hydrogens (primary N) is 1. The van der Waals surface area contributed by atoms with Gasteiger partial charge in [0.2, 0.25) is 5.95 Å². The zero-order valence-electron chi connectivity index (χ0n) is 20.7. The molecule has 1 atom stereocenters. The molecule has 186 valence electrons. The highest BCUT2D eigenvalue weighted by atomic mass is 16.5. The molecule has 4 aromatic rings. The van der Waals surface area contributed by atoms with Crippen molar-refractivity contribution < 1.29 is 9.47 Å². The van der Waals surface area contributed by atoms with Gasteiger partial charge in [0.05, 0.1) is 18.2 Å². The third kappa shape index (κ3) is 5.57. The second kappa shape index (κ2) is 10.9. The molecule has 1 fully saturated rings. The summed E-state index contributed by atoms with van der Waals surface area (Å²) in [5, 5.41) is 7.48. The van der Waals surface area contributed by atoms with Crippen LogP contribution >= 0.6 is 0 Å². The predicted molar refractivity (Wildman–Crippen MR) is 145 cm³/mol. The van der Waals surface area contributed by atoms with Crippen molar-refractivity contribution in [1.82, 2.24) is 20.2 Å². The number of fused-ring (bicyclic) bond motifs is 1. The van der Waals surface area contributed by atoms with Gasteiger partial charge in [-0.15, -0.1) is 0 Å². The number of rotatable bonds is 8. The Morgan fingerprint density at radius 2 is 1.92 bits per heavy atom. The molecule has 8 nitrogen and oxygen atoms in total. The van der Waals surface area contributed by atoms with E-state index in [4.69, 9.17) is 20.2 Å². The molecule has 1 saturated heterocycles. The Morgan fingerprint density at radius 1 is 1.08 bits per heavy atom. The fraction of sp³-hybridized carbons (Fsp3) is 0.286. The van der Waals surface area contributed by atoms with E-state index in [1.807, 2.05) is 62.6 Å². The molecule has 5 rings (SSSR count). The number of hydrogen-bond acceptors (Lipinski definition) is 8. The van der Waals surface area contributed by atoms with Gasteiger partial charge in [-0.25, -0.2) is 4.98 Å². The maximum atomic E-state index is 6.36. The number of para-hydroxylation sites is 1. The Hall–Kier alpha value is -3.72. The molecule has 1 aliphatic rings. The minimum absolute atomic E-state index is 0.0746. The lowest BCUT2D eigenvalue weighted by Crippen LogP contribution is -2.33. The lowest BCUT2D eigenvalue weighted by Gasteiger charge is -2.24. The van der Waals surface area contributed by atoms with Gasteiger partial charge in [-0.3, -0.25) is 0 Å². The van der Waals surface area contributed by atoms with Crippen molar-refractivity contribution in [3.63, 3.8) is 0 Å². The molecule has 4 N–H and O–H groups in total. The second-order valence-electron chi connectivity index (χ2n) is 9.12. The van der Waals surface area contributed by atoms with E-state index in [0.29, 0.717) is 18.4 Å². The summed E-state index contributed by atoms with van der Waals surface area (Å²) in [5.74, 6) is 1.71. The van der Waals surface area contributed by atoms with Crippen molar-refractivity contribution in [2.45, 2.75) is 6.10 Å². The highest BCUT2D eigenvalue weighted by Crippen LogP contribution is 2.32. The second-order valence-corrected chi connectivity index (χ2v) is 9.12. The summed E-state index contributed by atoms with van der Waals surface area (Å²) in [7, 11) is 4.06. The Bertz CT molecular complexity index is 1320. The van der Waals surface area contributed by atoms with Gasteiger partial charge >= 0.3 is 0 Å². The van der Waals surface area contributed by atoms with Gasteiger partial charge in [0.1, 0.15) is 18.2 Å². The predicted octanol–water partition coefficient (Wildman–Crippen LogP) is 4.22. The van der Waals surface area contributed by atoms with E-state index in [0.717, 1.165) is 65.3 Å². The SMILES string of the molecule is CN(C)CCOc1cccc(-c2cccc3c(N)nc(Nc4ccc(C5CNCCO5)cc4)nc23)c1. The molecule has 1 unspecified atom stereocenters. The Morgan fingerprint density at radius 3 is 2.69 bits per heavy atom. The number of nitrogens with one attached hydrogen (secondary N) is 2. The summed E-state index contributed by atoms with van der Waals surface area (Å²) in [6.07, 6.45) is 0.0746. The maximum absolute atomic E-state index is 6.36. The first-order valence-corrected chi connectivity index (χ1v) is 12.2. The summed E-state index contributed by atoms with van der Waals surface area (Å²) < 4.78 is 11.8. The van der Waals surface area contributed by atoms with E-state index in [1.165, 1.54) is 0 Å². The van der Waals surface area contributed by atoms with Gasteiger partial charge in [0.25, 0.3) is 0 Å². The Labute approximate surface area is 211 Å². The van der Waals surface area contributed by atoms with Gasteiger partial charge in [0.15, 0.2) is 0 Å². The normalized spacial score (nSPS) is 15.8. The zero-order valence-corrected chi connectivity index (χ0v) is 20.7. The first-order chi connectivity index (χ1) is 17.6. The lowest BCUT2D eigenvalue weighted by atomic mass is 10.0. The van der Waals surface area contributed by atoms with Gasteiger partial charge < -0.3 is 30.7 Å². The zero-order chi connectivity index (χ0) is 24.9. The topological polar surface area (TPSA) is 97.6 Å². The third-order valence-corrected chi connectivity index (χ3v) is 6.17. The molecule has 8 heteroatoms. The molecule has 0 saturated carbocycles. The van der Waals surface area contributed by atoms with E-state index < -0.39 is 0 Å². The number of nitrogens with zero attached hydrogens (tertiary/aromatic N) is 3. The van der Waals surface area contributed by atoms with Crippen LogP contribution in [0, 0.1) is 0 Å². The molecule has 36 heavy (non-hydrogen) atoms. The van der Waals surface area contributed by atoms with Crippen LogP contribution in [0.5, 0.6) is 5.75 Å². The highest BCUT2D eigenvalue weighted by Gasteiger charge is 2.16. The molecule has 0 aliphatic carbocycles. The largest absolute Gasteiger partial charge is 0.492 e. The number of hydrogen-bond donors (Lipinski definition) is 3. The van der Waals surface area contributed by atoms with Gasteiger partial charge in [-0.05, 0) is 55.6 Å². The summed E-state index contributed by atoms with van der Waals surface area (Å²) in [6, 6.07) is 22.2. The van der Waals surface area contributed by atoms with E-state index >= 15 is 0 Å². The van der Waals surface area contributed by atoms with Crippen LogP contribution in [0.1, 0.15) is 11.7 Å². The molecule has 0 amide bonds. The molecule has 1 aliphatic heterocycles. The minimum atomic E-state index is 0.0746. The van der Waals surface area contributed by atoms with Gasteiger partial charge in [-0.2, -0.15) is 4.98 Å². The quantitative estimate of drug-likeness (QED) is 0.342. The molecule has 1 aromatic heterocycles. The first-order valence-electron chi connectivity index (χ1n) is 12.2.